The van der Waals surface area contributed by atoms with Gasteiger partial charge in [-0.2, -0.15) is 5.26 Å². The molecule has 0 saturated carbocycles. The van der Waals surface area contributed by atoms with Gasteiger partial charge in [-0.1, -0.05) is 30.3 Å². The molecule has 0 N–H and O–H groups in total. The minimum Gasteiger partial charge on any atom is -0.306 e. The van der Waals surface area contributed by atoms with Crippen LogP contribution in [0.3, 0.4) is 0 Å². The van der Waals surface area contributed by atoms with Gasteiger partial charge in [-0.3, -0.25) is 4.79 Å². The van der Waals surface area contributed by atoms with Gasteiger partial charge in [0, 0.05) is 11.8 Å². The molecule has 1 aromatic carbocycles. The Hall–Kier alpha value is -2.16. The highest BCUT2D eigenvalue weighted by atomic mass is 32.2. The van der Waals surface area contributed by atoms with Crippen molar-refractivity contribution in [2.45, 2.75) is 16.7 Å². The third-order valence-corrected chi connectivity index (χ3v) is 5.49. The molecule has 0 saturated heterocycles. The highest BCUT2D eigenvalue weighted by molar-refractivity contribution is 8.14. The molecule has 3 nitrogen and oxygen atoms in total. The van der Waals surface area contributed by atoms with E-state index in [1.165, 1.54) is 23.5 Å². The third-order valence-electron chi connectivity index (χ3n) is 3.52. The van der Waals surface area contributed by atoms with E-state index in [9.17, 15) is 10.1 Å². The molecule has 0 spiro atoms. The summed E-state index contributed by atoms with van der Waals surface area (Å²) in [6.07, 6.45) is 3.82. The molecule has 0 aliphatic rings. The number of thioether (sulfide) groups is 2. The normalized spacial score (nSPS) is 10.7. The van der Waals surface area contributed by atoms with Gasteiger partial charge >= 0.3 is 0 Å². The van der Waals surface area contributed by atoms with Crippen LogP contribution >= 0.6 is 23.5 Å². The maximum atomic E-state index is 12.6. The average molecular weight is 338 g/mol. The number of aryl methyl sites for hydroxylation is 1. The first-order valence-corrected chi connectivity index (χ1v) is 9.06. The molecule has 0 aliphatic heterocycles. The number of hydrogen-bond acceptors (Lipinski definition) is 4. The van der Waals surface area contributed by atoms with Crippen LogP contribution in [0.4, 0.5) is 0 Å². The van der Waals surface area contributed by atoms with Crippen LogP contribution in [0, 0.1) is 18.3 Å². The second-order valence-corrected chi connectivity index (χ2v) is 6.84. The Morgan fingerprint density at radius 2 is 1.91 bits per heavy atom. The van der Waals surface area contributed by atoms with Crippen LogP contribution in [0.1, 0.15) is 21.6 Å². The zero-order chi connectivity index (χ0) is 16.4. The molecule has 2 heterocycles. The standard InChI is InChI=1S/C18H14N2OS2/c1-12-8-9-20-14(10-12)17(16(22-2)15(20)11-19)23-18(21)13-6-4-3-5-7-13/h3-10H,1-2H3. The van der Waals surface area contributed by atoms with Crippen LogP contribution in [-0.2, 0) is 0 Å². The van der Waals surface area contributed by atoms with Gasteiger partial charge in [0.05, 0.1) is 15.3 Å². The number of aromatic nitrogens is 1. The van der Waals surface area contributed by atoms with E-state index in [1.807, 2.05) is 66.2 Å². The van der Waals surface area contributed by atoms with Crippen molar-refractivity contribution in [2.75, 3.05) is 6.26 Å². The minimum atomic E-state index is -0.0144. The predicted molar refractivity (Wildman–Crippen MR) is 95.3 cm³/mol. The summed E-state index contributed by atoms with van der Waals surface area (Å²) in [7, 11) is 0. The van der Waals surface area contributed by atoms with Crippen molar-refractivity contribution in [3.63, 3.8) is 0 Å². The second kappa shape index (κ2) is 6.53. The first-order valence-electron chi connectivity index (χ1n) is 7.01. The number of rotatable bonds is 3. The van der Waals surface area contributed by atoms with Crippen LogP contribution < -0.4 is 0 Å². The topological polar surface area (TPSA) is 45.3 Å². The SMILES string of the molecule is CSc1c(SC(=O)c2ccccc2)c2cc(C)ccn2c1C#N. The van der Waals surface area contributed by atoms with Crippen molar-refractivity contribution < 1.29 is 4.79 Å². The van der Waals surface area contributed by atoms with E-state index in [1.54, 1.807) is 0 Å². The molecule has 0 atom stereocenters. The van der Waals surface area contributed by atoms with Crippen molar-refractivity contribution in [3.05, 3.63) is 65.5 Å². The number of carbonyl (C=O) groups is 1. The Labute approximate surface area is 143 Å². The molecule has 23 heavy (non-hydrogen) atoms. The molecular formula is C18H14N2OS2. The molecular weight excluding hydrogens is 324 g/mol. The molecule has 0 unspecified atom stereocenters. The van der Waals surface area contributed by atoms with Gasteiger partial charge < -0.3 is 4.40 Å². The zero-order valence-electron chi connectivity index (χ0n) is 12.7. The van der Waals surface area contributed by atoms with Crippen LogP contribution in [-0.4, -0.2) is 15.8 Å². The van der Waals surface area contributed by atoms with Gasteiger partial charge in [-0.05, 0) is 42.6 Å². The first-order chi connectivity index (χ1) is 11.2. The Morgan fingerprint density at radius 1 is 1.17 bits per heavy atom. The Bertz CT molecular complexity index is 924. The summed E-state index contributed by atoms with van der Waals surface area (Å²) in [5, 5.41) is 9.49. The van der Waals surface area contributed by atoms with Gasteiger partial charge in [0.2, 0.25) is 5.12 Å². The Kier molecular flexibility index (Phi) is 4.46. The monoisotopic (exact) mass is 338 g/mol. The fourth-order valence-corrected chi connectivity index (χ4v) is 4.32. The summed E-state index contributed by atoms with van der Waals surface area (Å²) in [6.45, 7) is 2.01. The first kappa shape index (κ1) is 15.7. The summed E-state index contributed by atoms with van der Waals surface area (Å²) in [5.74, 6) is 0. The second-order valence-electron chi connectivity index (χ2n) is 5.04. The molecule has 3 aromatic rings. The molecule has 0 fully saturated rings. The van der Waals surface area contributed by atoms with E-state index in [2.05, 4.69) is 6.07 Å². The molecule has 5 heteroatoms. The van der Waals surface area contributed by atoms with Gasteiger partial charge in [-0.15, -0.1) is 11.8 Å². The van der Waals surface area contributed by atoms with E-state index < -0.39 is 0 Å². The van der Waals surface area contributed by atoms with Crippen LogP contribution in [0.15, 0.2) is 58.5 Å². The predicted octanol–water partition coefficient (Wildman–Crippen LogP) is 4.77. The molecule has 0 radical (unpaired) electrons. The quantitative estimate of drug-likeness (QED) is 0.645. The zero-order valence-corrected chi connectivity index (χ0v) is 14.4. The Balaban J connectivity index is 2.15. The van der Waals surface area contributed by atoms with Crippen molar-refractivity contribution in [3.8, 4) is 6.07 Å². The van der Waals surface area contributed by atoms with Crippen molar-refractivity contribution >= 4 is 34.2 Å². The lowest BCUT2D eigenvalue weighted by molar-refractivity contribution is 0.108. The lowest BCUT2D eigenvalue weighted by Crippen LogP contribution is -1.92. The average Bonchev–Trinajstić information content (AvgIpc) is 2.87. The number of nitrogens with zero attached hydrogens (tertiary/aromatic N) is 2. The van der Waals surface area contributed by atoms with Crippen LogP contribution in [0.25, 0.3) is 5.52 Å². The Morgan fingerprint density at radius 3 is 2.57 bits per heavy atom. The number of fused-ring (bicyclic) bond motifs is 1. The molecule has 0 bridgehead atoms. The fraction of sp³-hybridized carbons (Fsp3) is 0.111. The highest BCUT2D eigenvalue weighted by Crippen LogP contribution is 2.39. The third kappa shape index (κ3) is 2.88. The lowest BCUT2D eigenvalue weighted by Gasteiger charge is -2.03. The number of hydrogen-bond donors (Lipinski definition) is 0. The summed E-state index contributed by atoms with van der Waals surface area (Å²) in [6, 6.07) is 15.5. The van der Waals surface area contributed by atoms with Crippen LogP contribution in [0.5, 0.6) is 0 Å². The molecule has 0 amide bonds. The number of benzene rings is 1. The van der Waals surface area contributed by atoms with E-state index in [4.69, 9.17) is 0 Å². The van der Waals surface area contributed by atoms with E-state index in [0.29, 0.717) is 11.3 Å². The van der Waals surface area contributed by atoms with E-state index >= 15 is 0 Å². The minimum absolute atomic E-state index is 0.0144. The maximum absolute atomic E-state index is 12.6. The van der Waals surface area contributed by atoms with Gasteiger partial charge in [0.15, 0.2) is 0 Å². The molecule has 114 valence electrons. The van der Waals surface area contributed by atoms with E-state index in [0.717, 1.165) is 20.9 Å². The van der Waals surface area contributed by atoms with Crippen molar-refractivity contribution in [1.82, 2.24) is 4.40 Å². The summed E-state index contributed by atoms with van der Waals surface area (Å²) in [4.78, 5) is 14.3. The summed E-state index contributed by atoms with van der Waals surface area (Å²) in [5.41, 5.74) is 3.24. The number of pyridine rings is 1. The van der Waals surface area contributed by atoms with Gasteiger partial charge in [0.1, 0.15) is 11.8 Å². The largest absolute Gasteiger partial charge is 0.306 e. The van der Waals surface area contributed by atoms with Crippen LogP contribution in [0.2, 0.25) is 0 Å². The fourth-order valence-electron chi connectivity index (χ4n) is 2.43. The number of nitriles is 1. The molecule has 0 aliphatic carbocycles. The van der Waals surface area contributed by atoms with Gasteiger partial charge in [-0.25, -0.2) is 0 Å². The van der Waals surface area contributed by atoms with E-state index in [-0.39, 0.29) is 5.12 Å². The number of carbonyl (C=O) groups excluding carboxylic acids is 1. The van der Waals surface area contributed by atoms with Crippen molar-refractivity contribution in [1.29, 1.82) is 5.26 Å². The molecule has 3 rings (SSSR count). The smallest absolute Gasteiger partial charge is 0.224 e. The lowest BCUT2D eigenvalue weighted by atomic mass is 10.2. The molecule has 2 aromatic heterocycles. The van der Waals surface area contributed by atoms with Gasteiger partial charge in [0.25, 0.3) is 0 Å². The summed E-state index contributed by atoms with van der Waals surface area (Å²) < 4.78 is 1.86. The van der Waals surface area contributed by atoms with Crippen molar-refractivity contribution in [2.24, 2.45) is 0 Å². The summed E-state index contributed by atoms with van der Waals surface area (Å²) >= 11 is 2.69. The highest BCUT2D eigenvalue weighted by Gasteiger charge is 2.21. The maximum Gasteiger partial charge on any atom is 0.224 e.